The van der Waals surface area contributed by atoms with Crippen LogP contribution in [0.2, 0.25) is 0 Å². The number of nitrogens with zero attached hydrogens (tertiary/aromatic N) is 2. The lowest BCUT2D eigenvalue weighted by Crippen LogP contribution is -2.11. The molecule has 3 rings (SSSR count). The van der Waals surface area contributed by atoms with Gasteiger partial charge in [0.1, 0.15) is 5.75 Å². The second-order valence-electron chi connectivity index (χ2n) is 5.45. The molecule has 0 bridgehead atoms. The molecule has 3 aromatic rings. The van der Waals surface area contributed by atoms with Gasteiger partial charge in [0.05, 0.1) is 7.11 Å². The predicted molar refractivity (Wildman–Crippen MR) is 101 cm³/mol. The fraction of sp³-hybridized carbons (Fsp3) is 0.211. The van der Waals surface area contributed by atoms with Gasteiger partial charge in [-0.15, -0.1) is 16.9 Å². The monoisotopic (exact) mass is 369 g/mol. The molecule has 0 spiro atoms. The predicted octanol–water partition coefficient (Wildman–Crippen LogP) is 4.26. The van der Waals surface area contributed by atoms with E-state index in [1.807, 2.05) is 54.6 Å². The first kappa shape index (κ1) is 18.0. The normalized spacial score (nSPS) is 10.5. The van der Waals surface area contributed by atoms with Crippen molar-refractivity contribution >= 4 is 23.7 Å². The number of amides is 1. The maximum absolute atomic E-state index is 12.0. The van der Waals surface area contributed by atoms with Crippen LogP contribution in [-0.2, 0) is 4.79 Å². The Balaban J connectivity index is 1.41. The maximum atomic E-state index is 12.0. The van der Waals surface area contributed by atoms with Gasteiger partial charge in [-0.2, -0.15) is 0 Å². The van der Waals surface area contributed by atoms with E-state index in [0.717, 1.165) is 28.4 Å². The molecule has 0 unspecified atom stereocenters. The molecule has 0 saturated heterocycles. The highest BCUT2D eigenvalue weighted by atomic mass is 32.2. The summed E-state index contributed by atoms with van der Waals surface area (Å²) in [6, 6.07) is 17.4. The first-order valence-corrected chi connectivity index (χ1v) is 9.19. The third-order valence-corrected chi connectivity index (χ3v) is 4.67. The Hall–Kier alpha value is -2.80. The van der Waals surface area contributed by atoms with E-state index < -0.39 is 0 Å². The number of methoxy groups -OCH3 is 1. The van der Waals surface area contributed by atoms with Crippen molar-refractivity contribution in [1.82, 2.24) is 10.2 Å². The van der Waals surface area contributed by atoms with E-state index in [9.17, 15) is 4.79 Å². The van der Waals surface area contributed by atoms with Crippen molar-refractivity contribution in [3.63, 3.8) is 0 Å². The molecule has 6 nitrogen and oxygen atoms in total. The van der Waals surface area contributed by atoms with Crippen molar-refractivity contribution in [2.75, 3.05) is 18.2 Å². The van der Waals surface area contributed by atoms with Gasteiger partial charge in [0.2, 0.25) is 11.8 Å². The van der Waals surface area contributed by atoms with Gasteiger partial charge in [-0.25, -0.2) is 0 Å². The molecule has 0 radical (unpaired) electrons. The van der Waals surface area contributed by atoms with E-state index in [-0.39, 0.29) is 11.9 Å². The number of thioether (sulfide) groups is 1. The summed E-state index contributed by atoms with van der Waals surface area (Å²) >= 11 is 1.70. The standard InChI is InChI=1S/C19H19N3O3S/c1-24-15-9-11-16(12-10-15)26-13-5-8-17(23)20-19-22-21-18(25-19)14-6-3-2-4-7-14/h2-4,6-7,9-12H,5,8,13H2,1H3,(H,20,22,23). The van der Waals surface area contributed by atoms with Crippen LogP contribution in [-0.4, -0.2) is 29.0 Å². The van der Waals surface area contributed by atoms with E-state index in [2.05, 4.69) is 15.5 Å². The van der Waals surface area contributed by atoms with E-state index in [1.165, 1.54) is 0 Å². The molecule has 1 heterocycles. The Labute approximate surface area is 156 Å². The van der Waals surface area contributed by atoms with Gasteiger partial charge in [-0.05, 0) is 48.6 Å². The third-order valence-electron chi connectivity index (χ3n) is 3.57. The molecular weight excluding hydrogens is 350 g/mol. The van der Waals surface area contributed by atoms with Crippen molar-refractivity contribution in [3.8, 4) is 17.2 Å². The van der Waals surface area contributed by atoms with Gasteiger partial charge in [0, 0.05) is 16.9 Å². The molecule has 0 aliphatic carbocycles. The van der Waals surface area contributed by atoms with E-state index in [1.54, 1.807) is 18.9 Å². The Kier molecular flexibility index (Phi) is 6.27. The molecule has 26 heavy (non-hydrogen) atoms. The number of carbonyl (C=O) groups excluding carboxylic acids is 1. The third kappa shape index (κ3) is 5.10. The summed E-state index contributed by atoms with van der Waals surface area (Å²) in [5.74, 6) is 1.93. The fourth-order valence-corrected chi connectivity index (χ4v) is 3.10. The average Bonchev–Trinajstić information content (AvgIpc) is 3.15. The quantitative estimate of drug-likeness (QED) is 0.472. The van der Waals surface area contributed by atoms with Gasteiger partial charge in [-0.1, -0.05) is 23.3 Å². The number of carbonyl (C=O) groups is 1. The molecule has 134 valence electrons. The lowest BCUT2D eigenvalue weighted by molar-refractivity contribution is -0.116. The highest BCUT2D eigenvalue weighted by Crippen LogP contribution is 2.22. The van der Waals surface area contributed by atoms with Crippen LogP contribution in [0.15, 0.2) is 63.9 Å². The van der Waals surface area contributed by atoms with Crippen molar-refractivity contribution < 1.29 is 13.9 Å². The van der Waals surface area contributed by atoms with Crippen molar-refractivity contribution in [3.05, 3.63) is 54.6 Å². The molecule has 0 aliphatic heterocycles. The van der Waals surface area contributed by atoms with Gasteiger partial charge in [0.25, 0.3) is 0 Å². The number of ether oxygens (including phenoxy) is 1. The number of nitrogens with one attached hydrogen (secondary N) is 1. The maximum Gasteiger partial charge on any atom is 0.322 e. The number of hydrogen-bond acceptors (Lipinski definition) is 6. The minimum atomic E-state index is -0.136. The topological polar surface area (TPSA) is 77.2 Å². The second kappa shape index (κ2) is 9.05. The Bertz CT molecular complexity index is 835. The number of anilines is 1. The van der Waals surface area contributed by atoms with Crippen LogP contribution < -0.4 is 10.1 Å². The Morgan fingerprint density at radius 2 is 1.88 bits per heavy atom. The van der Waals surface area contributed by atoms with Crippen LogP contribution in [0, 0.1) is 0 Å². The van der Waals surface area contributed by atoms with Gasteiger partial charge >= 0.3 is 6.01 Å². The zero-order valence-corrected chi connectivity index (χ0v) is 15.2. The molecule has 0 saturated carbocycles. The van der Waals surface area contributed by atoms with E-state index in [0.29, 0.717) is 12.3 Å². The minimum Gasteiger partial charge on any atom is -0.497 e. The molecule has 1 aromatic heterocycles. The van der Waals surface area contributed by atoms with Crippen LogP contribution in [0.4, 0.5) is 6.01 Å². The molecule has 0 aliphatic rings. The first-order valence-electron chi connectivity index (χ1n) is 8.20. The lowest BCUT2D eigenvalue weighted by atomic mass is 10.2. The molecule has 0 fully saturated rings. The van der Waals surface area contributed by atoms with E-state index in [4.69, 9.17) is 9.15 Å². The van der Waals surface area contributed by atoms with E-state index >= 15 is 0 Å². The Morgan fingerprint density at radius 1 is 1.12 bits per heavy atom. The molecule has 7 heteroatoms. The van der Waals surface area contributed by atoms with Crippen LogP contribution in [0.1, 0.15) is 12.8 Å². The Morgan fingerprint density at radius 3 is 2.62 bits per heavy atom. The van der Waals surface area contributed by atoms with Gasteiger partial charge < -0.3 is 9.15 Å². The van der Waals surface area contributed by atoms with Gasteiger partial charge in [0.15, 0.2) is 0 Å². The number of aromatic nitrogens is 2. The second-order valence-corrected chi connectivity index (χ2v) is 6.62. The summed E-state index contributed by atoms with van der Waals surface area (Å²) in [6.45, 7) is 0. The van der Waals surface area contributed by atoms with Crippen molar-refractivity contribution in [1.29, 1.82) is 0 Å². The van der Waals surface area contributed by atoms with Gasteiger partial charge in [-0.3, -0.25) is 10.1 Å². The number of hydrogen-bond donors (Lipinski definition) is 1. The highest BCUT2D eigenvalue weighted by Gasteiger charge is 2.11. The smallest absolute Gasteiger partial charge is 0.322 e. The SMILES string of the molecule is COc1ccc(SCCCC(=O)Nc2nnc(-c3ccccc3)o2)cc1. The zero-order chi connectivity index (χ0) is 18.2. The number of benzene rings is 2. The molecule has 2 aromatic carbocycles. The van der Waals surface area contributed by atoms with Crippen LogP contribution in [0.25, 0.3) is 11.5 Å². The van der Waals surface area contributed by atoms with Crippen molar-refractivity contribution in [2.24, 2.45) is 0 Å². The minimum absolute atomic E-state index is 0.122. The molecule has 1 N–H and O–H groups in total. The highest BCUT2D eigenvalue weighted by molar-refractivity contribution is 7.99. The lowest BCUT2D eigenvalue weighted by Gasteiger charge is -2.03. The van der Waals surface area contributed by atoms with Crippen LogP contribution in [0.5, 0.6) is 5.75 Å². The molecule has 0 atom stereocenters. The van der Waals surface area contributed by atoms with Crippen molar-refractivity contribution in [2.45, 2.75) is 17.7 Å². The number of rotatable bonds is 8. The zero-order valence-electron chi connectivity index (χ0n) is 14.3. The summed E-state index contributed by atoms with van der Waals surface area (Å²) in [7, 11) is 1.65. The largest absolute Gasteiger partial charge is 0.497 e. The summed E-state index contributed by atoms with van der Waals surface area (Å²) in [5, 5.41) is 10.4. The first-order chi connectivity index (χ1) is 12.7. The average molecular weight is 369 g/mol. The van der Waals surface area contributed by atoms with Crippen LogP contribution >= 0.6 is 11.8 Å². The molecular formula is C19H19N3O3S. The summed E-state index contributed by atoms with van der Waals surface area (Å²) in [4.78, 5) is 13.1. The molecule has 1 amide bonds. The fourth-order valence-electron chi connectivity index (χ4n) is 2.25. The summed E-state index contributed by atoms with van der Waals surface area (Å²) in [6.07, 6.45) is 1.15. The van der Waals surface area contributed by atoms with Crippen LogP contribution in [0.3, 0.4) is 0 Å². The summed E-state index contributed by atoms with van der Waals surface area (Å²) < 4.78 is 10.6. The summed E-state index contributed by atoms with van der Waals surface area (Å²) in [5.41, 5.74) is 0.816.